The van der Waals surface area contributed by atoms with E-state index < -0.39 is 31.4 Å². The Morgan fingerprint density at radius 2 is 2.07 bits per heavy atom. The summed E-state index contributed by atoms with van der Waals surface area (Å²) in [5, 5.41) is 0. The minimum absolute atomic E-state index is 0.221. The number of nitrogens with two attached hydrogens (primary N) is 1. The van der Waals surface area contributed by atoms with Crippen LogP contribution in [0.15, 0.2) is 12.7 Å². The van der Waals surface area contributed by atoms with E-state index in [0.29, 0.717) is 23.5 Å². The lowest BCUT2D eigenvalue weighted by atomic mass is 9.98. The fourth-order valence-electron chi connectivity index (χ4n) is 2.96. The van der Waals surface area contributed by atoms with Crippen molar-refractivity contribution in [3.05, 3.63) is 12.7 Å². The third-order valence-corrected chi connectivity index (χ3v) is 6.60. The number of esters is 1. The average molecular weight is 441 g/mol. The van der Waals surface area contributed by atoms with Crippen LogP contribution in [-0.4, -0.2) is 51.3 Å². The maximum Gasteiger partial charge on any atom is 0.358 e. The number of nitrogens with zero attached hydrogens (tertiary/aromatic N) is 4. The molecular weight excluding hydrogens is 413 g/mol. The standard InChI is InChI=1S/C18H28N5O6P/c1-12-6-18(12,7-23-9-22-13-14(19)20-8-21-15(13)23)28-11-30(25,26-5)29-10-27-16(24)17(2,3)4/h8-9,12H,6-7,10-11H2,1-5H3,(H2,19,20,21). The molecule has 0 bridgehead atoms. The van der Waals surface area contributed by atoms with Crippen LogP contribution in [0.2, 0.25) is 0 Å². The molecule has 1 aliphatic rings. The van der Waals surface area contributed by atoms with E-state index in [9.17, 15) is 9.36 Å². The molecule has 2 heterocycles. The van der Waals surface area contributed by atoms with Crippen molar-refractivity contribution >= 4 is 30.5 Å². The molecule has 3 rings (SSSR count). The molecule has 2 aromatic heterocycles. The molecule has 166 valence electrons. The van der Waals surface area contributed by atoms with Gasteiger partial charge < -0.3 is 24.3 Å². The van der Waals surface area contributed by atoms with E-state index in [2.05, 4.69) is 15.0 Å². The van der Waals surface area contributed by atoms with E-state index in [-0.39, 0.29) is 12.3 Å². The zero-order valence-corrected chi connectivity index (χ0v) is 18.7. The molecule has 11 nitrogen and oxygen atoms in total. The predicted octanol–water partition coefficient (Wildman–Crippen LogP) is 2.56. The van der Waals surface area contributed by atoms with E-state index in [0.717, 1.165) is 6.42 Å². The topological polar surface area (TPSA) is 141 Å². The summed E-state index contributed by atoms with van der Waals surface area (Å²) in [5.41, 5.74) is 5.71. The summed E-state index contributed by atoms with van der Waals surface area (Å²) in [7, 11) is -2.34. The van der Waals surface area contributed by atoms with Crippen molar-refractivity contribution in [3.8, 4) is 0 Å². The molecule has 1 aliphatic carbocycles. The van der Waals surface area contributed by atoms with Crippen molar-refractivity contribution in [3.63, 3.8) is 0 Å². The number of anilines is 1. The second-order valence-corrected chi connectivity index (χ2v) is 10.6. The first-order valence-electron chi connectivity index (χ1n) is 9.51. The Kier molecular flexibility index (Phi) is 6.20. The average Bonchev–Trinajstić information content (AvgIpc) is 3.12. The van der Waals surface area contributed by atoms with Crippen LogP contribution in [-0.2, 0) is 34.4 Å². The molecule has 0 spiro atoms. The Morgan fingerprint density at radius 1 is 1.37 bits per heavy atom. The number of imidazole rings is 1. The van der Waals surface area contributed by atoms with Crippen LogP contribution in [0.5, 0.6) is 0 Å². The van der Waals surface area contributed by atoms with Gasteiger partial charge in [0.15, 0.2) is 11.5 Å². The highest BCUT2D eigenvalue weighted by molar-refractivity contribution is 7.53. The van der Waals surface area contributed by atoms with Crippen molar-refractivity contribution in [2.45, 2.75) is 46.3 Å². The molecule has 1 saturated carbocycles. The normalized spacial score (nSPS) is 23.3. The van der Waals surface area contributed by atoms with Crippen LogP contribution in [0.3, 0.4) is 0 Å². The first-order chi connectivity index (χ1) is 14.0. The lowest BCUT2D eigenvalue weighted by Crippen LogP contribution is -2.26. The van der Waals surface area contributed by atoms with Gasteiger partial charge in [0.1, 0.15) is 18.2 Å². The summed E-state index contributed by atoms with van der Waals surface area (Å²) in [6.45, 7) is 7.15. The molecule has 3 unspecified atom stereocenters. The fourth-order valence-corrected chi connectivity index (χ4v) is 3.87. The molecule has 30 heavy (non-hydrogen) atoms. The number of hydrogen-bond donors (Lipinski definition) is 1. The second-order valence-electron chi connectivity index (χ2n) is 8.47. The van der Waals surface area contributed by atoms with Crippen molar-refractivity contribution in [2.24, 2.45) is 11.3 Å². The third-order valence-electron chi connectivity index (χ3n) is 5.10. The van der Waals surface area contributed by atoms with Gasteiger partial charge >= 0.3 is 13.6 Å². The zero-order valence-electron chi connectivity index (χ0n) is 17.8. The van der Waals surface area contributed by atoms with E-state index in [1.54, 1.807) is 27.1 Å². The molecule has 0 saturated heterocycles. The molecule has 1 fully saturated rings. The van der Waals surface area contributed by atoms with E-state index in [4.69, 9.17) is 24.3 Å². The Hall–Kier alpha value is -2.07. The van der Waals surface area contributed by atoms with Gasteiger partial charge in [0.2, 0.25) is 6.79 Å². The highest BCUT2D eigenvalue weighted by Gasteiger charge is 2.54. The van der Waals surface area contributed by atoms with Gasteiger partial charge in [-0.25, -0.2) is 15.0 Å². The molecular formula is C18H28N5O6P. The van der Waals surface area contributed by atoms with E-state index >= 15 is 0 Å². The van der Waals surface area contributed by atoms with Gasteiger partial charge in [0.25, 0.3) is 0 Å². The lowest BCUT2D eigenvalue weighted by Gasteiger charge is -2.23. The number of nitrogen functional groups attached to an aromatic ring is 1. The molecule has 0 amide bonds. The summed E-state index contributed by atoms with van der Waals surface area (Å²) in [4.78, 5) is 24.3. The molecule has 0 radical (unpaired) electrons. The number of aromatic nitrogens is 4. The van der Waals surface area contributed by atoms with Gasteiger partial charge in [0.05, 0.1) is 23.9 Å². The quantitative estimate of drug-likeness (QED) is 0.350. The summed E-state index contributed by atoms with van der Waals surface area (Å²) < 4.78 is 36.0. The zero-order chi connectivity index (χ0) is 22.2. The van der Waals surface area contributed by atoms with Crippen LogP contribution in [0.4, 0.5) is 5.82 Å². The predicted molar refractivity (Wildman–Crippen MR) is 108 cm³/mol. The van der Waals surface area contributed by atoms with Crippen LogP contribution in [0.1, 0.15) is 34.1 Å². The van der Waals surface area contributed by atoms with Crippen LogP contribution < -0.4 is 5.73 Å². The maximum absolute atomic E-state index is 12.8. The minimum Gasteiger partial charge on any atom is -0.438 e. The number of rotatable bonds is 9. The molecule has 12 heteroatoms. The van der Waals surface area contributed by atoms with Gasteiger partial charge in [-0.3, -0.25) is 13.9 Å². The Morgan fingerprint density at radius 3 is 2.67 bits per heavy atom. The maximum atomic E-state index is 12.8. The number of hydrogen-bond acceptors (Lipinski definition) is 10. The Balaban J connectivity index is 1.62. The third kappa shape index (κ3) is 4.80. The van der Waals surface area contributed by atoms with Crippen molar-refractivity contribution < 1.29 is 27.9 Å². The molecule has 0 aliphatic heterocycles. The number of carbonyl (C=O) groups excluding carboxylic acids is 1. The Bertz CT molecular complexity index is 974. The van der Waals surface area contributed by atoms with Gasteiger partial charge in [0, 0.05) is 7.11 Å². The monoisotopic (exact) mass is 441 g/mol. The summed E-state index contributed by atoms with van der Waals surface area (Å²) in [6, 6.07) is 0. The minimum atomic E-state index is -3.61. The number of carbonyl (C=O) groups is 1. The van der Waals surface area contributed by atoms with Crippen molar-refractivity contribution in [2.75, 3.05) is 26.0 Å². The van der Waals surface area contributed by atoms with Crippen LogP contribution in [0, 0.1) is 11.3 Å². The fraction of sp³-hybridized carbons (Fsp3) is 0.667. The van der Waals surface area contributed by atoms with Gasteiger partial charge in [-0.1, -0.05) is 6.92 Å². The van der Waals surface area contributed by atoms with Gasteiger partial charge in [-0.05, 0) is 33.1 Å². The van der Waals surface area contributed by atoms with Crippen LogP contribution in [0.25, 0.3) is 11.2 Å². The van der Waals surface area contributed by atoms with Gasteiger partial charge in [-0.2, -0.15) is 0 Å². The summed E-state index contributed by atoms with van der Waals surface area (Å²) in [6.07, 6.45) is 3.50. The molecule has 2 aromatic rings. The second kappa shape index (κ2) is 8.22. The molecule has 0 aromatic carbocycles. The SMILES string of the molecule is COP(=O)(COC1(Cn2cnc3c(N)ncnc32)CC1C)OCOC(=O)C(C)(C)C. The van der Waals surface area contributed by atoms with Gasteiger partial charge in [-0.15, -0.1) is 0 Å². The largest absolute Gasteiger partial charge is 0.438 e. The highest BCUT2D eigenvalue weighted by Crippen LogP contribution is 2.54. The van der Waals surface area contributed by atoms with E-state index in [1.165, 1.54) is 13.4 Å². The molecule has 3 atom stereocenters. The first kappa shape index (κ1) is 22.6. The summed E-state index contributed by atoms with van der Waals surface area (Å²) >= 11 is 0. The van der Waals surface area contributed by atoms with Crippen molar-refractivity contribution in [1.82, 2.24) is 19.5 Å². The molecule has 2 N–H and O–H groups in total. The highest BCUT2D eigenvalue weighted by atomic mass is 31.2. The first-order valence-corrected chi connectivity index (χ1v) is 11.2. The lowest BCUT2D eigenvalue weighted by molar-refractivity contribution is -0.160. The van der Waals surface area contributed by atoms with Crippen molar-refractivity contribution in [1.29, 1.82) is 0 Å². The van der Waals surface area contributed by atoms with E-state index in [1.807, 2.05) is 11.5 Å². The number of fused-ring (bicyclic) bond motifs is 1. The smallest absolute Gasteiger partial charge is 0.358 e. The summed E-state index contributed by atoms with van der Waals surface area (Å²) in [5.74, 6) is 0.0596. The Labute approximate surface area is 174 Å². The van der Waals surface area contributed by atoms with Crippen LogP contribution >= 0.6 is 7.60 Å². The number of ether oxygens (including phenoxy) is 2.